The van der Waals surface area contributed by atoms with Gasteiger partial charge in [0.2, 0.25) is 5.91 Å². The molecule has 6 heteroatoms. The van der Waals surface area contributed by atoms with Crippen molar-refractivity contribution in [2.45, 2.75) is 84.6 Å². The predicted octanol–water partition coefficient (Wildman–Crippen LogP) is 6.05. The lowest BCUT2D eigenvalue weighted by Crippen LogP contribution is -2.51. The monoisotopic (exact) mass is 531 g/mol. The molecule has 0 aromatic carbocycles. The Morgan fingerprint density at radius 1 is 1.05 bits per heavy atom. The third-order valence-corrected chi connectivity index (χ3v) is 11.6. The predicted molar refractivity (Wildman–Crippen MR) is 152 cm³/mol. The largest absolute Gasteiger partial charge is 0.367 e. The summed E-state index contributed by atoms with van der Waals surface area (Å²) in [6.07, 6.45) is 18.6. The molecule has 0 spiro atoms. The first-order valence-electron chi connectivity index (χ1n) is 15.2. The highest BCUT2D eigenvalue weighted by Gasteiger charge is 2.57. The summed E-state index contributed by atoms with van der Waals surface area (Å²) in [4.78, 5) is 36.7. The number of aromatic nitrogens is 1. The van der Waals surface area contributed by atoms with Crippen molar-refractivity contribution in [3.05, 3.63) is 47.8 Å². The fraction of sp³-hybridized carbons (Fsp3) is 0.667. The van der Waals surface area contributed by atoms with Gasteiger partial charge in [-0.15, -0.1) is 5.06 Å². The molecule has 1 saturated heterocycles. The van der Waals surface area contributed by atoms with Gasteiger partial charge in [-0.1, -0.05) is 37.6 Å². The number of carbonyl (C=O) groups is 2. The number of carbonyl (C=O) groups excluding carboxylic acids is 2. The number of likely N-dealkylation sites (tertiary alicyclic amines) is 1. The molecule has 6 nitrogen and oxygen atoms in total. The zero-order valence-electron chi connectivity index (χ0n) is 24.2. The van der Waals surface area contributed by atoms with E-state index in [4.69, 9.17) is 4.84 Å². The standard InChI is InChI=1S/C33H45N3O3/c1-22(37)36-18-13-23(14-19-36)31(38)39-35(4)26-11-15-32(2)25(20-26)7-8-27-29-10-9-28(24-6-5-17-34-21-24)33(29,3)16-12-30(27)32/h5-6,9,17,20-21,23,26-27,29-30H,7-8,10-16,18-19H2,1-4H3/t26?,27-,29+,30+,32+,33-/m1/s1. The summed E-state index contributed by atoms with van der Waals surface area (Å²) in [5, 5.41) is 1.82. The quantitative estimate of drug-likeness (QED) is 0.349. The van der Waals surface area contributed by atoms with Crippen LogP contribution >= 0.6 is 0 Å². The van der Waals surface area contributed by atoms with E-state index in [0.717, 1.165) is 37.0 Å². The average Bonchev–Trinajstić information content (AvgIpc) is 3.30. The topological polar surface area (TPSA) is 62.7 Å². The molecule has 1 aromatic heterocycles. The molecule has 2 saturated carbocycles. The Labute approximate surface area is 233 Å². The van der Waals surface area contributed by atoms with E-state index in [2.05, 4.69) is 43.1 Å². The second-order valence-electron chi connectivity index (χ2n) is 13.4. The molecule has 0 N–H and O–H groups in total. The fourth-order valence-corrected chi connectivity index (χ4v) is 9.25. The van der Waals surface area contributed by atoms with Gasteiger partial charge in [0.25, 0.3) is 0 Å². The number of hydroxylamine groups is 2. The molecule has 1 unspecified atom stereocenters. The first-order chi connectivity index (χ1) is 18.7. The maximum Gasteiger partial charge on any atom is 0.328 e. The van der Waals surface area contributed by atoms with Gasteiger partial charge in [0, 0.05) is 39.5 Å². The lowest BCUT2D eigenvalue weighted by molar-refractivity contribution is -0.198. The Morgan fingerprint density at radius 3 is 2.54 bits per heavy atom. The maximum atomic E-state index is 12.9. The number of piperidine rings is 1. The zero-order valence-corrected chi connectivity index (χ0v) is 24.2. The van der Waals surface area contributed by atoms with Gasteiger partial charge in [0.05, 0.1) is 12.0 Å². The Bertz CT molecular complexity index is 1170. The number of allylic oxidation sites excluding steroid dienone is 3. The van der Waals surface area contributed by atoms with Crippen LogP contribution in [0.3, 0.4) is 0 Å². The van der Waals surface area contributed by atoms with Gasteiger partial charge in [-0.05, 0) is 104 Å². The van der Waals surface area contributed by atoms with Crippen molar-refractivity contribution in [2.24, 2.45) is 34.5 Å². The van der Waals surface area contributed by atoms with Gasteiger partial charge < -0.3 is 9.74 Å². The Hall–Kier alpha value is -2.47. The minimum Gasteiger partial charge on any atom is -0.367 e. The molecule has 210 valence electrons. The minimum atomic E-state index is -0.138. The Morgan fingerprint density at radius 2 is 1.82 bits per heavy atom. The second-order valence-corrected chi connectivity index (χ2v) is 13.4. The summed E-state index contributed by atoms with van der Waals surface area (Å²) in [5.74, 6) is 2.06. The minimum absolute atomic E-state index is 0.0891. The molecule has 6 atom stereocenters. The van der Waals surface area contributed by atoms with Crippen LogP contribution in [0.15, 0.2) is 42.3 Å². The van der Waals surface area contributed by atoms with Crippen LogP contribution in [-0.2, 0) is 14.4 Å². The molecule has 5 aliphatic rings. The molecule has 3 fully saturated rings. The molecular weight excluding hydrogens is 486 g/mol. The van der Waals surface area contributed by atoms with Crippen LogP contribution in [0.1, 0.15) is 84.1 Å². The molecule has 39 heavy (non-hydrogen) atoms. The van der Waals surface area contributed by atoms with Gasteiger partial charge >= 0.3 is 5.97 Å². The number of hydrogen-bond acceptors (Lipinski definition) is 5. The lowest BCUT2D eigenvalue weighted by Gasteiger charge is -2.58. The molecule has 4 aliphatic carbocycles. The van der Waals surface area contributed by atoms with E-state index in [1.54, 1.807) is 12.5 Å². The van der Waals surface area contributed by atoms with Crippen LogP contribution in [0.2, 0.25) is 0 Å². The van der Waals surface area contributed by atoms with Crippen molar-refractivity contribution in [1.29, 1.82) is 0 Å². The highest BCUT2D eigenvalue weighted by molar-refractivity contribution is 5.75. The number of nitrogens with zero attached hydrogens (tertiary/aromatic N) is 3. The number of hydrogen-bond donors (Lipinski definition) is 0. The fourth-order valence-electron chi connectivity index (χ4n) is 9.25. The molecule has 1 aliphatic heterocycles. The van der Waals surface area contributed by atoms with Crippen molar-refractivity contribution in [2.75, 3.05) is 20.1 Å². The molecule has 0 bridgehead atoms. The van der Waals surface area contributed by atoms with Gasteiger partial charge in [0.1, 0.15) is 0 Å². The number of likely N-dealkylation sites (N-methyl/N-ethyl adjacent to an activating group) is 1. The van der Waals surface area contributed by atoms with Crippen LogP contribution in [0.25, 0.3) is 5.57 Å². The maximum absolute atomic E-state index is 12.9. The number of amides is 1. The van der Waals surface area contributed by atoms with E-state index < -0.39 is 0 Å². The summed E-state index contributed by atoms with van der Waals surface area (Å²) >= 11 is 0. The first-order valence-corrected chi connectivity index (χ1v) is 15.2. The number of pyridine rings is 1. The first kappa shape index (κ1) is 26.7. The van der Waals surface area contributed by atoms with Crippen molar-refractivity contribution in [1.82, 2.24) is 14.9 Å². The molecule has 1 aromatic rings. The summed E-state index contributed by atoms with van der Waals surface area (Å²) < 4.78 is 0. The summed E-state index contributed by atoms with van der Waals surface area (Å²) in [6.45, 7) is 7.95. The number of rotatable bonds is 4. The van der Waals surface area contributed by atoms with E-state index in [9.17, 15) is 9.59 Å². The van der Waals surface area contributed by atoms with Crippen molar-refractivity contribution in [3.8, 4) is 0 Å². The molecular formula is C33H45N3O3. The van der Waals surface area contributed by atoms with E-state index >= 15 is 0 Å². The Balaban J connectivity index is 1.11. The highest BCUT2D eigenvalue weighted by Crippen LogP contribution is 2.66. The van der Waals surface area contributed by atoms with Gasteiger partial charge in [-0.3, -0.25) is 14.6 Å². The van der Waals surface area contributed by atoms with Gasteiger partial charge in [-0.2, -0.15) is 0 Å². The zero-order chi connectivity index (χ0) is 27.4. The molecule has 2 heterocycles. The summed E-state index contributed by atoms with van der Waals surface area (Å²) in [6, 6.07) is 4.45. The molecule has 6 rings (SSSR count). The van der Waals surface area contributed by atoms with Crippen LogP contribution in [-0.4, -0.2) is 53.0 Å². The van der Waals surface area contributed by atoms with Crippen LogP contribution in [0.4, 0.5) is 0 Å². The average molecular weight is 532 g/mol. The molecule has 0 radical (unpaired) electrons. The summed E-state index contributed by atoms with van der Waals surface area (Å²) in [5.41, 5.74) is 4.95. The second kappa shape index (κ2) is 10.2. The number of fused-ring (bicyclic) bond motifs is 5. The summed E-state index contributed by atoms with van der Waals surface area (Å²) in [7, 11) is 1.93. The highest BCUT2D eigenvalue weighted by atomic mass is 16.7. The van der Waals surface area contributed by atoms with Crippen molar-refractivity contribution >= 4 is 17.4 Å². The van der Waals surface area contributed by atoms with Gasteiger partial charge in [-0.25, -0.2) is 0 Å². The van der Waals surface area contributed by atoms with Crippen LogP contribution in [0.5, 0.6) is 0 Å². The van der Waals surface area contributed by atoms with Gasteiger partial charge in [0.15, 0.2) is 0 Å². The molecule has 1 amide bonds. The van der Waals surface area contributed by atoms with E-state index in [1.807, 2.05) is 29.4 Å². The third kappa shape index (κ3) is 4.57. The van der Waals surface area contributed by atoms with E-state index in [1.165, 1.54) is 36.8 Å². The van der Waals surface area contributed by atoms with Crippen LogP contribution < -0.4 is 0 Å². The van der Waals surface area contributed by atoms with Crippen LogP contribution in [0, 0.1) is 34.5 Å². The SMILES string of the molecule is CC(=O)N1CCC(C(=O)ON(C)C2C=C3CC[C@H]4[C@H](CC[C@]5(C)C(c6cccnc6)=CC[C@@H]45)[C@@]3(C)CC2)CC1. The lowest BCUT2D eigenvalue weighted by atomic mass is 9.46. The smallest absolute Gasteiger partial charge is 0.328 e. The van der Waals surface area contributed by atoms with Crippen molar-refractivity contribution in [3.63, 3.8) is 0 Å². The van der Waals surface area contributed by atoms with E-state index in [0.29, 0.717) is 25.9 Å². The third-order valence-electron chi connectivity index (χ3n) is 11.6. The van der Waals surface area contributed by atoms with Crippen molar-refractivity contribution < 1.29 is 14.4 Å². The normalized spacial score (nSPS) is 36.4. The Kier molecular flexibility index (Phi) is 6.97. The van der Waals surface area contributed by atoms with E-state index in [-0.39, 0.29) is 34.7 Å².